The first-order chi connectivity index (χ1) is 8.89. The molecule has 1 heterocycles. The van der Waals surface area contributed by atoms with Crippen molar-refractivity contribution in [1.82, 2.24) is 4.57 Å². The van der Waals surface area contributed by atoms with Crippen molar-refractivity contribution in [2.75, 3.05) is 0 Å². The summed E-state index contributed by atoms with van der Waals surface area (Å²) in [5.74, 6) is -0.106. The molecule has 0 N–H and O–H groups in total. The van der Waals surface area contributed by atoms with Crippen LogP contribution in [0.4, 0.5) is 13.2 Å². The van der Waals surface area contributed by atoms with Gasteiger partial charge in [0.05, 0.1) is 0 Å². The number of halogens is 3. The minimum absolute atomic E-state index is 0.0646. The minimum Gasteiger partial charge on any atom is -0.304 e. The second kappa shape index (κ2) is 5.19. The van der Waals surface area contributed by atoms with Gasteiger partial charge in [-0.25, -0.2) is 0 Å². The first-order valence-corrected chi connectivity index (χ1v) is 6.19. The fraction of sp³-hybridized carbons (Fsp3) is 0.538. The Morgan fingerprint density at radius 3 is 2.58 bits per heavy atom. The van der Waals surface area contributed by atoms with Gasteiger partial charge in [0.2, 0.25) is 0 Å². The highest BCUT2D eigenvalue weighted by Gasteiger charge is 2.34. The van der Waals surface area contributed by atoms with E-state index in [2.05, 4.69) is 0 Å². The highest BCUT2D eigenvalue weighted by molar-refractivity contribution is 5.82. The molecule has 0 spiro atoms. The summed E-state index contributed by atoms with van der Waals surface area (Å²) in [6.45, 7) is -0.0646. The monoisotopic (exact) mass is 273 g/mol. The van der Waals surface area contributed by atoms with Crippen molar-refractivity contribution in [3.05, 3.63) is 34.2 Å². The average molecular weight is 273 g/mol. The number of hydrogen-bond donors (Lipinski definition) is 0. The van der Waals surface area contributed by atoms with Gasteiger partial charge in [0, 0.05) is 24.9 Å². The summed E-state index contributed by atoms with van der Waals surface area (Å²) in [5.41, 5.74) is -1.63. The number of ketones is 1. The highest BCUT2D eigenvalue weighted by atomic mass is 19.4. The predicted molar refractivity (Wildman–Crippen MR) is 62.7 cm³/mol. The number of aromatic nitrogens is 1. The third kappa shape index (κ3) is 3.05. The molecule has 1 aromatic heterocycles. The third-order valence-corrected chi connectivity index (χ3v) is 3.47. The van der Waals surface area contributed by atoms with E-state index >= 15 is 0 Å². The van der Waals surface area contributed by atoms with Gasteiger partial charge in [-0.1, -0.05) is 6.07 Å². The van der Waals surface area contributed by atoms with E-state index < -0.39 is 17.4 Å². The van der Waals surface area contributed by atoms with Crippen LogP contribution in [0.3, 0.4) is 0 Å². The Kier molecular flexibility index (Phi) is 3.78. The molecule has 19 heavy (non-hydrogen) atoms. The first kappa shape index (κ1) is 13.8. The van der Waals surface area contributed by atoms with Crippen molar-refractivity contribution in [2.24, 2.45) is 5.92 Å². The van der Waals surface area contributed by atoms with Gasteiger partial charge in [0.15, 0.2) is 0 Å². The number of carbonyl (C=O) groups is 1. The topological polar surface area (TPSA) is 39.1 Å². The van der Waals surface area contributed by atoms with Crippen LogP contribution >= 0.6 is 0 Å². The van der Waals surface area contributed by atoms with Crippen LogP contribution in [0.15, 0.2) is 23.0 Å². The molecule has 1 aliphatic rings. The minimum atomic E-state index is -4.56. The van der Waals surface area contributed by atoms with Crippen LogP contribution in [0, 0.1) is 5.92 Å². The molecule has 1 aromatic rings. The van der Waals surface area contributed by atoms with Crippen molar-refractivity contribution in [2.45, 2.75) is 38.4 Å². The highest BCUT2D eigenvalue weighted by Crippen LogP contribution is 2.29. The fourth-order valence-corrected chi connectivity index (χ4v) is 2.48. The Morgan fingerprint density at radius 1 is 1.26 bits per heavy atom. The van der Waals surface area contributed by atoms with E-state index in [1.54, 1.807) is 0 Å². The van der Waals surface area contributed by atoms with Gasteiger partial charge in [-0.15, -0.1) is 0 Å². The Hall–Kier alpha value is -1.59. The molecule has 1 saturated carbocycles. The van der Waals surface area contributed by atoms with Crippen LogP contribution < -0.4 is 5.56 Å². The lowest BCUT2D eigenvalue weighted by Crippen LogP contribution is -2.28. The summed E-state index contributed by atoms with van der Waals surface area (Å²) in [4.78, 5) is 23.0. The van der Waals surface area contributed by atoms with E-state index in [0.29, 0.717) is 23.8 Å². The van der Waals surface area contributed by atoms with Crippen LogP contribution in [0.2, 0.25) is 0 Å². The molecule has 1 unspecified atom stereocenters. The maximum absolute atomic E-state index is 12.8. The number of nitrogens with zero attached hydrogens (tertiary/aromatic N) is 1. The van der Waals surface area contributed by atoms with Gasteiger partial charge in [-0.3, -0.25) is 9.59 Å². The fourth-order valence-electron chi connectivity index (χ4n) is 2.48. The van der Waals surface area contributed by atoms with E-state index in [9.17, 15) is 22.8 Å². The summed E-state index contributed by atoms with van der Waals surface area (Å²) < 4.78 is 39.1. The second-order valence-electron chi connectivity index (χ2n) is 4.74. The predicted octanol–water partition coefficient (Wildman–Crippen LogP) is 2.63. The van der Waals surface area contributed by atoms with E-state index in [1.807, 2.05) is 0 Å². The van der Waals surface area contributed by atoms with E-state index in [4.69, 9.17) is 0 Å². The summed E-state index contributed by atoms with van der Waals surface area (Å²) in [5, 5.41) is 0. The number of rotatable bonds is 3. The van der Waals surface area contributed by atoms with E-state index in [1.165, 1.54) is 0 Å². The number of carbonyl (C=O) groups excluding carboxylic acids is 1. The van der Waals surface area contributed by atoms with Crippen molar-refractivity contribution in [1.29, 1.82) is 0 Å². The lowest BCUT2D eigenvalue weighted by Gasteiger charge is -2.16. The zero-order valence-electron chi connectivity index (χ0n) is 10.2. The molecule has 0 bridgehead atoms. The number of alkyl halides is 3. The second-order valence-corrected chi connectivity index (χ2v) is 4.74. The van der Waals surface area contributed by atoms with Crippen LogP contribution in [0.5, 0.6) is 0 Å². The van der Waals surface area contributed by atoms with E-state index in [-0.39, 0.29) is 18.2 Å². The smallest absolute Gasteiger partial charge is 0.304 e. The molecule has 0 aromatic carbocycles. The number of pyridine rings is 1. The quantitative estimate of drug-likeness (QED) is 0.849. The normalized spacial score (nSPS) is 19.9. The molecule has 0 saturated heterocycles. The number of hydrogen-bond acceptors (Lipinski definition) is 2. The molecule has 0 amide bonds. The van der Waals surface area contributed by atoms with Gasteiger partial charge in [-0.2, -0.15) is 13.2 Å². The molecular weight excluding hydrogens is 259 g/mol. The maximum atomic E-state index is 12.8. The van der Waals surface area contributed by atoms with Gasteiger partial charge in [0.25, 0.3) is 5.56 Å². The molecule has 0 radical (unpaired) electrons. The van der Waals surface area contributed by atoms with Crippen molar-refractivity contribution >= 4 is 5.78 Å². The van der Waals surface area contributed by atoms with Gasteiger partial charge >= 0.3 is 6.18 Å². The summed E-state index contributed by atoms with van der Waals surface area (Å²) in [7, 11) is 0. The van der Waals surface area contributed by atoms with Crippen LogP contribution in [0.25, 0.3) is 0 Å². The van der Waals surface area contributed by atoms with Crippen molar-refractivity contribution in [3.63, 3.8) is 0 Å². The SMILES string of the molecule is O=C1CCCC1CCn1c(C(F)(F)F)cccc1=O. The summed E-state index contributed by atoms with van der Waals surface area (Å²) >= 11 is 0. The zero-order valence-corrected chi connectivity index (χ0v) is 10.2. The lowest BCUT2D eigenvalue weighted by molar-refractivity contribution is -0.144. The first-order valence-electron chi connectivity index (χ1n) is 6.19. The third-order valence-electron chi connectivity index (χ3n) is 3.47. The van der Waals surface area contributed by atoms with Crippen LogP contribution in [0.1, 0.15) is 31.4 Å². The standard InChI is InChI=1S/C13H14F3NO2/c14-13(15,16)11-5-2-6-12(19)17(11)8-7-9-3-1-4-10(9)18/h2,5-6,9H,1,3-4,7-8H2. The molecule has 2 rings (SSSR count). The van der Waals surface area contributed by atoms with Crippen molar-refractivity contribution in [3.8, 4) is 0 Å². The Morgan fingerprint density at radius 2 is 2.00 bits per heavy atom. The summed E-state index contributed by atoms with van der Waals surface area (Å²) in [6.07, 6.45) is -2.26. The van der Waals surface area contributed by atoms with Gasteiger partial charge in [-0.05, 0) is 25.3 Å². The molecular formula is C13H14F3NO2. The molecule has 104 valence electrons. The zero-order chi connectivity index (χ0) is 14.0. The Balaban J connectivity index is 2.20. The van der Waals surface area contributed by atoms with Gasteiger partial charge < -0.3 is 4.57 Å². The summed E-state index contributed by atoms with van der Waals surface area (Å²) in [6, 6.07) is 3.09. The molecule has 1 fully saturated rings. The van der Waals surface area contributed by atoms with Gasteiger partial charge in [0.1, 0.15) is 11.5 Å². The Bertz CT molecular complexity index is 533. The molecule has 1 aliphatic carbocycles. The molecule has 0 aliphatic heterocycles. The van der Waals surface area contributed by atoms with Crippen LogP contribution in [-0.2, 0) is 17.5 Å². The number of Topliss-reactive ketones (excluding diaryl/α,β-unsaturated/α-hetero) is 1. The molecule has 3 nitrogen and oxygen atoms in total. The molecule has 6 heteroatoms. The Labute approximate surface area is 108 Å². The molecule has 1 atom stereocenters. The van der Waals surface area contributed by atoms with Crippen molar-refractivity contribution < 1.29 is 18.0 Å². The maximum Gasteiger partial charge on any atom is 0.431 e. The average Bonchev–Trinajstić information content (AvgIpc) is 2.72. The largest absolute Gasteiger partial charge is 0.431 e. The lowest BCUT2D eigenvalue weighted by atomic mass is 10.0. The van der Waals surface area contributed by atoms with E-state index in [0.717, 1.165) is 24.6 Å². The van der Waals surface area contributed by atoms with Crippen LogP contribution in [-0.4, -0.2) is 10.4 Å².